The zero-order chi connectivity index (χ0) is 15.2. The zero-order valence-corrected chi connectivity index (χ0v) is 13.8. The topological polar surface area (TPSA) is 24.5 Å². The molecule has 1 aromatic rings. The average Bonchev–Trinajstić information content (AvgIpc) is 2.53. The molecular weight excluding hydrogens is 260 g/mol. The van der Waals surface area contributed by atoms with Crippen molar-refractivity contribution in [2.75, 3.05) is 44.3 Å². The largest absolute Gasteiger partial charge is 0.382 e. The van der Waals surface area contributed by atoms with Gasteiger partial charge in [0.25, 0.3) is 0 Å². The first-order valence-electron chi connectivity index (χ1n) is 8.47. The Morgan fingerprint density at radius 1 is 0.952 bits per heavy atom. The van der Waals surface area contributed by atoms with Crippen LogP contribution in [0.2, 0.25) is 0 Å². The van der Waals surface area contributed by atoms with E-state index in [0.717, 1.165) is 45.8 Å². The molecule has 0 aromatic heterocycles. The quantitative estimate of drug-likeness (QED) is 0.561. The number of benzene rings is 1. The molecule has 0 amide bonds. The van der Waals surface area contributed by atoms with E-state index < -0.39 is 0 Å². The molecule has 0 aliphatic heterocycles. The molecule has 3 nitrogen and oxygen atoms in total. The van der Waals surface area contributed by atoms with Gasteiger partial charge in [-0.25, -0.2) is 0 Å². The molecule has 1 aromatic carbocycles. The molecule has 1 rings (SSSR count). The molecule has 0 aliphatic rings. The van der Waals surface area contributed by atoms with Gasteiger partial charge in [0.1, 0.15) is 0 Å². The molecule has 0 spiro atoms. The number of anilines is 1. The molecule has 0 bridgehead atoms. The lowest BCUT2D eigenvalue weighted by Gasteiger charge is -2.25. The molecular formula is C18H32N2O. The van der Waals surface area contributed by atoms with E-state index in [9.17, 15) is 0 Å². The normalized spacial score (nSPS) is 10.8. The van der Waals surface area contributed by atoms with Gasteiger partial charge >= 0.3 is 0 Å². The van der Waals surface area contributed by atoms with Crippen LogP contribution in [0.1, 0.15) is 39.5 Å². The van der Waals surface area contributed by atoms with Crippen LogP contribution in [0.15, 0.2) is 30.3 Å². The van der Waals surface area contributed by atoms with Crippen LogP contribution in [-0.2, 0) is 4.74 Å². The highest BCUT2D eigenvalue weighted by atomic mass is 16.5. The highest BCUT2D eigenvalue weighted by Gasteiger charge is 2.04. The summed E-state index contributed by atoms with van der Waals surface area (Å²) >= 11 is 0. The van der Waals surface area contributed by atoms with Crippen LogP contribution in [0.5, 0.6) is 0 Å². The van der Waals surface area contributed by atoms with Gasteiger partial charge in [-0.3, -0.25) is 0 Å². The van der Waals surface area contributed by atoms with Crippen LogP contribution in [0, 0.1) is 0 Å². The Bertz CT molecular complexity index is 329. The Labute approximate surface area is 130 Å². The number of hydrogen-bond acceptors (Lipinski definition) is 3. The molecule has 0 saturated carbocycles. The summed E-state index contributed by atoms with van der Waals surface area (Å²) in [6, 6.07) is 10.7. The van der Waals surface area contributed by atoms with Gasteiger partial charge < -0.3 is 15.0 Å². The van der Waals surface area contributed by atoms with Crippen LogP contribution < -0.4 is 10.2 Å². The van der Waals surface area contributed by atoms with Gasteiger partial charge in [0.05, 0.1) is 0 Å². The van der Waals surface area contributed by atoms with Crippen molar-refractivity contribution in [1.82, 2.24) is 5.32 Å². The fourth-order valence-corrected chi connectivity index (χ4v) is 2.30. The van der Waals surface area contributed by atoms with Gasteiger partial charge in [-0.2, -0.15) is 0 Å². The number of unbranched alkanes of at least 4 members (excludes halogenated alkanes) is 2. The number of ether oxygens (including phenoxy) is 1. The molecule has 0 radical (unpaired) electrons. The first-order valence-corrected chi connectivity index (χ1v) is 8.47. The molecule has 0 fully saturated rings. The van der Waals surface area contributed by atoms with E-state index in [0.29, 0.717) is 0 Å². The highest BCUT2D eigenvalue weighted by Crippen LogP contribution is 2.13. The summed E-state index contributed by atoms with van der Waals surface area (Å²) in [7, 11) is 0. The van der Waals surface area contributed by atoms with Crippen LogP contribution in [0.4, 0.5) is 5.69 Å². The van der Waals surface area contributed by atoms with Crippen molar-refractivity contribution >= 4 is 5.69 Å². The summed E-state index contributed by atoms with van der Waals surface area (Å²) in [4.78, 5) is 2.48. The maximum Gasteiger partial charge on any atom is 0.0466 e. The van der Waals surface area contributed by atoms with Crippen molar-refractivity contribution in [2.24, 2.45) is 0 Å². The predicted molar refractivity (Wildman–Crippen MR) is 92.2 cm³/mol. The Morgan fingerprint density at radius 2 is 1.76 bits per heavy atom. The van der Waals surface area contributed by atoms with Gasteiger partial charge in [-0.15, -0.1) is 0 Å². The second-order valence-electron chi connectivity index (χ2n) is 5.33. The van der Waals surface area contributed by atoms with E-state index >= 15 is 0 Å². The minimum Gasteiger partial charge on any atom is -0.382 e. The SMILES string of the molecule is CCCCN(CCNCCCCOCC)c1ccccc1. The smallest absolute Gasteiger partial charge is 0.0466 e. The predicted octanol–water partition coefficient (Wildman–Crippen LogP) is 3.70. The third-order valence-electron chi connectivity index (χ3n) is 3.56. The minimum atomic E-state index is 0.830. The number of rotatable bonds is 13. The standard InChI is InChI=1S/C18H32N2O/c1-3-5-15-20(18-11-7-6-8-12-18)16-14-19-13-9-10-17-21-4-2/h6-8,11-12,19H,3-5,9-10,13-17H2,1-2H3. The van der Waals surface area contributed by atoms with Gasteiger partial charge in [0.15, 0.2) is 0 Å². The summed E-state index contributed by atoms with van der Waals surface area (Å²) in [6.07, 6.45) is 4.84. The van der Waals surface area contributed by atoms with Gasteiger partial charge in [-0.1, -0.05) is 31.5 Å². The summed E-state index contributed by atoms with van der Waals surface area (Å²) in [5.41, 5.74) is 1.34. The maximum atomic E-state index is 5.34. The van der Waals surface area contributed by atoms with E-state index in [1.54, 1.807) is 0 Å². The molecule has 3 heteroatoms. The number of hydrogen-bond donors (Lipinski definition) is 1. The average molecular weight is 292 g/mol. The van der Waals surface area contributed by atoms with Gasteiger partial charge in [-0.05, 0) is 44.9 Å². The maximum absolute atomic E-state index is 5.34. The molecule has 21 heavy (non-hydrogen) atoms. The number of para-hydroxylation sites is 1. The molecule has 0 atom stereocenters. The van der Waals surface area contributed by atoms with Crippen molar-refractivity contribution in [1.29, 1.82) is 0 Å². The van der Waals surface area contributed by atoms with E-state index in [1.807, 2.05) is 6.92 Å². The van der Waals surface area contributed by atoms with Crippen molar-refractivity contribution in [3.63, 3.8) is 0 Å². The van der Waals surface area contributed by atoms with Crippen LogP contribution in [0.3, 0.4) is 0 Å². The molecule has 0 heterocycles. The first-order chi connectivity index (χ1) is 10.4. The van der Waals surface area contributed by atoms with Crippen LogP contribution in [0.25, 0.3) is 0 Å². The fourth-order valence-electron chi connectivity index (χ4n) is 2.30. The summed E-state index contributed by atoms with van der Waals surface area (Å²) in [6.45, 7) is 10.4. The molecule has 1 N–H and O–H groups in total. The first kappa shape index (κ1) is 18.0. The van der Waals surface area contributed by atoms with Crippen molar-refractivity contribution in [3.8, 4) is 0 Å². The minimum absolute atomic E-state index is 0.830. The summed E-state index contributed by atoms with van der Waals surface area (Å²) in [5, 5.41) is 3.54. The van der Waals surface area contributed by atoms with Gasteiger partial charge in [0.2, 0.25) is 0 Å². The second kappa shape index (κ2) is 12.7. The Balaban J connectivity index is 2.18. The molecule has 120 valence electrons. The molecule has 0 aliphatic carbocycles. The molecule has 0 saturated heterocycles. The highest BCUT2D eigenvalue weighted by molar-refractivity contribution is 5.45. The van der Waals surface area contributed by atoms with Gasteiger partial charge in [0, 0.05) is 38.5 Å². The lowest BCUT2D eigenvalue weighted by atomic mass is 10.2. The number of nitrogens with zero attached hydrogens (tertiary/aromatic N) is 1. The van der Waals surface area contributed by atoms with Crippen LogP contribution >= 0.6 is 0 Å². The number of nitrogens with one attached hydrogen (secondary N) is 1. The van der Waals surface area contributed by atoms with Crippen LogP contribution in [-0.4, -0.2) is 39.4 Å². The van der Waals surface area contributed by atoms with Crippen molar-refractivity contribution in [2.45, 2.75) is 39.5 Å². The van der Waals surface area contributed by atoms with E-state index in [2.05, 4.69) is 47.5 Å². The third-order valence-corrected chi connectivity index (χ3v) is 3.56. The fraction of sp³-hybridized carbons (Fsp3) is 0.667. The Morgan fingerprint density at radius 3 is 2.48 bits per heavy atom. The third kappa shape index (κ3) is 8.74. The lowest BCUT2D eigenvalue weighted by Crippen LogP contribution is -2.33. The van der Waals surface area contributed by atoms with Crippen molar-refractivity contribution < 1.29 is 4.74 Å². The van der Waals surface area contributed by atoms with Crippen molar-refractivity contribution in [3.05, 3.63) is 30.3 Å². The van der Waals surface area contributed by atoms with E-state index in [1.165, 1.54) is 24.9 Å². The Hall–Kier alpha value is -1.06. The summed E-state index contributed by atoms with van der Waals surface area (Å²) in [5.74, 6) is 0. The van der Waals surface area contributed by atoms with E-state index in [-0.39, 0.29) is 0 Å². The zero-order valence-electron chi connectivity index (χ0n) is 13.8. The summed E-state index contributed by atoms with van der Waals surface area (Å²) < 4.78 is 5.34. The lowest BCUT2D eigenvalue weighted by molar-refractivity contribution is 0.143. The van der Waals surface area contributed by atoms with E-state index in [4.69, 9.17) is 4.74 Å². The molecule has 0 unspecified atom stereocenters. The second-order valence-corrected chi connectivity index (χ2v) is 5.33. The monoisotopic (exact) mass is 292 g/mol. The Kier molecular flexibility index (Phi) is 10.8.